The fourth-order valence-corrected chi connectivity index (χ4v) is 3.62. The van der Waals surface area contributed by atoms with Crippen LogP contribution in [0.2, 0.25) is 0 Å². The molecule has 0 saturated carbocycles. The van der Waals surface area contributed by atoms with E-state index in [1.807, 2.05) is 0 Å². The first-order valence-corrected chi connectivity index (χ1v) is 10.4. The summed E-state index contributed by atoms with van der Waals surface area (Å²) >= 11 is 0. The summed E-state index contributed by atoms with van der Waals surface area (Å²) in [6, 6.07) is 9.22. The van der Waals surface area contributed by atoms with Gasteiger partial charge in [-0.15, -0.1) is 0 Å². The van der Waals surface area contributed by atoms with Gasteiger partial charge in [0.05, 0.1) is 4.90 Å². The number of likely N-dealkylation sites (tertiary alicyclic amines) is 1. The van der Waals surface area contributed by atoms with Crippen LogP contribution in [0.4, 0.5) is 0 Å². The number of hydrogen-bond acceptors (Lipinski definition) is 6. The maximum absolute atomic E-state index is 12.3. The third kappa shape index (κ3) is 5.04. The van der Waals surface area contributed by atoms with Gasteiger partial charge in [-0.25, -0.2) is 13.6 Å². The summed E-state index contributed by atoms with van der Waals surface area (Å²) in [6.45, 7) is 2.40. The molecule has 1 atom stereocenters. The van der Waals surface area contributed by atoms with E-state index in [4.69, 9.17) is 10.9 Å². The van der Waals surface area contributed by atoms with Crippen molar-refractivity contribution in [2.45, 2.75) is 30.4 Å². The number of pyridine rings is 1. The standard InChI is InChI=1S/C18H23N5O4S/c19-13-7-8-23(10-13)11-14-3-6-16(18(25)22-14)17(24)21-9-12-1-4-15(5-2-12)28(20,26)27/h1-6,13H,7-11,19H2,(H,21,24)(H,22,25)(H2,20,26,27). The zero-order chi connectivity index (χ0) is 20.3. The van der Waals surface area contributed by atoms with E-state index >= 15 is 0 Å². The van der Waals surface area contributed by atoms with E-state index in [1.165, 1.54) is 18.2 Å². The first-order valence-electron chi connectivity index (χ1n) is 8.82. The summed E-state index contributed by atoms with van der Waals surface area (Å²) in [5, 5.41) is 7.69. The Morgan fingerprint density at radius 2 is 1.93 bits per heavy atom. The fourth-order valence-electron chi connectivity index (χ4n) is 3.11. The number of nitrogens with one attached hydrogen (secondary N) is 2. The summed E-state index contributed by atoms with van der Waals surface area (Å²) in [7, 11) is -3.76. The Kier molecular flexibility index (Phi) is 5.94. The van der Waals surface area contributed by atoms with E-state index in [0.717, 1.165) is 25.2 Å². The normalized spacial score (nSPS) is 17.6. The Balaban J connectivity index is 1.60. The zero-order valence-electron chi connectivity index (χ0n) is 15.2. The SMILES string of the molecule is NC1CCN(Cc2ccc(C(=O)NCc3ccc(S(N)(=O)=O)cc3)c(=O)[nH]2)C1. The van der Waals surface area contributed by atoms with Gasteiger partial charge in [0.1, 0.15) is 5.56 Å². The Labute approximate surface area is 162 Å². The maximum atomic E-state index is 12.3. The number of amides is 1. The molecular weight excluding hydrogens is 382 g/mol. The number of hydrogen-bond donors (Lipinski definition) is 4. The lowest BCUT2D eigenvalue weighted by Crippen LogP contribution is -2.31. The van der Waals surface area contributed by atoms with Crippen LogP contribution in [0.25, 0.3) is 0 Å². The quantitative estimate of drug-likeness (QED) is 0.508. The number of carbonyl (C=O) groups is 1. The molecule has 150 valence electrons. The van der Waals surface area contributed by atoms with Gasteiger partial charge in [-0.3, -0.25) is 14.5 Å². The Morgan fingerprint density at radius 1 is 1.21 bits per heavy atom. The molecule has 1 aliphatic heterocycles. The molecule has 1 aromatic heterocycles. The number of carbonyl (C=O) groups excluding carboxylic acids is 1. The number of nitrogens with zero attached hydrogens (tertiary/aromatic N) is 1. The van der Waals surface area contributed by atoms with Crippen LogP contribution in [0.3, 0.4) is 0 Å². The minimum absolute atomic E-state index is 0.00596. The average molecular weight is 405 g/mol. The lowest BCUT2D eigenvalue weighted by molar-refractivity contribution is 0.0949. The molecule has 0 radical (unpaired) electrons. The molecule has 1 unspecified atom stereocenters. The Bertz CT molecular complexity index is 1020. The van der Waals surface area contributed by atoms with Crippen molar-refractivity contribution >= 4 is 15.9 Å². The molecule has 0 bridgehead atoms. The van der Waals surface area contributed by atoms with Gasteiger partial charge in [-0.2, -0.15) is 0 Å². The van der Waals surface area contributed by atoms with E-state index in [1.54, 1.807) is 18.2 Å². The molecule has 2 heterocycles. The monoisotopic (exact) mass is 405 g/mol. The number of benzene rings is 1. The van der Waals surface area contributed by atoms with Crippen LogP contribution in [0, 0.1) is 0 Å². The van der Waals surface area contributed by atoms with Gasteiger partial charge < -0.3 is 16.0 Å². The van der Waals surface area contributed by atoms with Crippen LogP contribution < -0.4 is 21.7 Å². The number of aromatic nitrogens is 1. The van der Waals surface area contributed by atoms with Crippen molar-refractivity contribution in [1.82, 2.24) is 15.2 Å². The lowest BCUT2D eigenvalue weighted by Gasteiger charge is -2.15. The van der Waals surface area contributed by atoms with Gasteiger partial charge in [-0.05, 0) is 36.2 Å². The van der Waals surface area contributed by atoms with E-state index in [0.29, 0.717) is 12.1 Å². The predicted octanol–water partition coefficient (Wildman–Crippen LogP) is -0.515. The minimum atomic E-state index is -3.76. The highest BCUT2D eigenvalue weighted by molar-refractivity contribution is 7.89. The van der Waals surface area contributed by atoms with Gasteiger partial charge in [0.15, 0.2) is 0 Å². The van der Waals surface area contributed by atoms with Gasteiger partial charge >= 0.3 is 0 Å². The van der Waals surface area contributed by atoms with Crippen LogP contribution in [0.1, 0.15) is 28.0 Å². The van der Waals surface area contributed by atoms with Gasteiger partial charge in [-0.1, -0.05) is 12.1 Å². The van der Waals surface area contributed by atoms with Crippen molar-refractivity contribution in [1.29, 1.82) is 0 Å². The lowest BCUT2D eigenvalue weighted by atomic mass is 10.2. The molecule has 28 heavy (non-hydrogen) atoms. The predicted molar refractivity (Wildman–Crippen MR) is 104 cm³/mol. The highest BCUT2D eigenvalue weighted by Crippen LogP contribution is 2.11. The molecular formula is C18H23N5O4S. The van der Waals surface area contributed by atoms with Crippen LogP contribution in [0.5, 0.6) is 0 Å². The number of rotatable bonds is 6. The molecule has 3 rings (SSSR count). The molecule has 1 amide bonds. The molecule has 10 heteroatoms. The van der Waals surface area contributed by atoms with Crippen LogP contribution >= 0.6 is 0 Å². The topological polar surface area (TPSA) is 151 Å². The second-order valence-electron chi connectivity index (χ2n) is 6.88. The largest absolute Gasteiger partial charge is 0.348 e. The van der Waals surface area contributed by atoms with Crippen molar-refractivity contribution in [3.8, 4) is 0 Å². The molecule has 1 aliphatic rings. The molecule has 1 saturated heterocycles. The molecule has 1 fully saturated rings. The molecule has 6 N–H and O–H groups in total. The fraction of sp³-hybridized carbons (Fsp3) is 0.333. The van der Waals surface area contributed by atoms with Crippen LogP contribution in [0.15, 0.2) is 46.1 Å². The van der Waals surface area contributed by atoms with Crippen LogP contribution in [-0.4, -0.2) is 43.3 Å². The van der Waals surface area contributed by atoms with E-state index in [-0.39, 0.29) is 23.0 Å². The Hall–Kier alpha value is -2.53. The number of sulfonamides is 1. The number of aromatic amines is 1. The first-order chi connectivity index (χ1) is 13.2. The molecule has 0 aliphatic carbocycles. The summed E-state index contributed by atoms with van der Waals surface area (Å²) in [6.07, 6.45) is 0.933. The molecule has 1 aromatic carbocycles. The maximum Gasteiger partial charge on any atom is 0.261 e. The summed E-state index contributed by atoms with van der Waals surface area (Å²) in [5.41, 5.74) is 6.85. The second-order valence-corrected chi connectivity index (χ2v) is 8.44. The first kappa shape index (κ1) is 20.2. The minimum Gasteiger partial charge on any atom is -0.348 e. The zero-order valence-corrected chi connectivity index (χ0v) is 16.0. The van der Waals surface area contributed by atoms with Crippen LogP contribution in [-0.2, 0) is 23.1 Å². The summed E-state index contributed by atoms with van der Waals surface area (Å²) in [4.78, 5) is 29.4. The van der Waals surface area contributed by atoms with Crippen molar-refractivity contribution in [3.05, 3.63) is 63.6 Å². The third-order valence-electron chi connectivity index (χ3n) is 4.62. The smallest absolute Gasteiger partial charge is 0.261 e. The highest BCUT2D eigenvalue weighted by Gasteiger charge is 2.19. The average Bonchev–Trinajstić information content (AvgIpc) is 3.04. The van der Waals surface area contributed by atoms with E-state index < -0.39 is 21.5 Å². The molecule has 0 spiro atoms. The van der Waals surface area contributed by atoms with Crippen molar-refractivity contribution in [2.24, 2.45) is 10.9 Å². The number of primary sulfonamides is 1. The van der Waals surface area contributed by atoms with Gasteiger partial charge in [0.2, 0.25) is 10.0 Å². The summed E-state index contributed by atoms with van der Waals surface area (Å²) in [5.74, 6) is -0.508. The number of nitrogens with two attached hydrogens (primary N) is 2. The number of H-pyrrole nitrogens is 1. The van der Waals surface area contributed by atoms with E-state index in [2.05, 4.69) is 15.2 Å². The summed E-state index contributed by atoms with van der Waals surface area (Å²) < 4.78 is 22.5. The Morgan fingerprint density at radius 3 is 2.50 bits per heavy atom. The highest BCUT2D eigenvalue weighted by atomic mass is 32.2. The van der Waals surface area contributed by atoms with E-state index in [9.17, 15) is 18.0 Å². The van der Waals surface area contributed by atoms with Crippen molar-refractivity contribution in [3.63, 3.8) is 0 Å². The second kappa shape index (κ2) is 8.23. The van der Waals surface area contributed by atoms with Crippen molar-refractivity contribution < 1.29 is 13.2 Å². The third-order valence-corrected chi connectivity index (χ3v) is 5.55. The van der Waals surface area contributed by atoms with Crippen molar-refractivity contribution in [2.75, 3.05) is 13.1 Å². The molecule has 2 aromatic rings. The molecule has 9 nitrogen and oxygen atoms in total. The van der Waals surface area contributed by atoms with Gasteiger partial charge in [0, 0.05) is 37.9 Å². The van der Waals surface area contributed by atoms with Gasteiger partial charge in [0.25, 0.3) is 11.5 Å².